The van der Waals surface area contributed by atoms with Gasteiger partial charge in [-0.25, -0.2) is 19.7 Å². The van der Waals surface area contributed by atoms with E-state index in [-0.39, 0.29) is 0 Å². The number of aromatic amines is 1. The van der Waals surface area contributed by atoms with Crippen LogP contribution in [0.2, 0.25) is 0 Å². The van der Waals surface area contributed by atoms with E-state index < -0.39 is 12.1 Å². The lowest BCUT2D eigenvalue weighted by atomic mass is 10.6. The Hall–Kier alpha value is -2.19. The first-order valence-electron chi connectivity index (χ1n) is 3.80. The quantitative estimate of drug-likeness (QED) is 0.709. The molecule has 2 rings (SSSR count). The van der Waals surface area contributed by atoms with E-state index in [2.05, 4.69) is 19.9 Å². The van der Waals surface area contributed by atoms with Crippen molar-refractivity contribution in [3.8, 4) is 0 Å². The van der Waals surface area contributed by atoms with Gasteiger partial charge in [0, 0.05) is 0 Å². The molecule has 0 fully saturated rings. The van der Waals surface area contributed by atoms with Gasteiger partial charge in [-0.15, -0.1) is 0 Å². The summed E-state index contributed by atoms with van der Waals surface area (Å²) in [7, 11) is 0. The van der Waals surface area contributed by atoms with Gasteiger partial charge in [-0.05, 0) is 0 Å². The third-order valence-electron chi connectivity index (χ3n) is 1.34. The number of halogens is 3. The second kappa shape index (κ2) is 4.55. The zero-order chi connectivity index (χ0) is 12.2. The van der Waals surface area contributed by atoms with Crippen LogP contribution >= 0.6 is 0 Å². The fourth-order valence-corrected chi connectivity index (χ4v) is 0.691. The molecule has 0 aliphatic rings. The van der Waals surface area contributed by atoms with Crippen molar-refractivity contribution in [2.24, 2.45) is 0 Å². The molecule has 0 saturated carbocycles. The van der Waals surface area contributed by atoms with Gasteiger partial charge < -0.3 is 10.1 Å². The number of rotatable bonds is 0. The van der Waals surface area contributed by atoms with E-state index in [1.54, 1.807) is 12.5 Å². The monoisotopic (exact) mass is 234 g/mol. The molecule has 9 heteroatoms. The molecule has 0 aliphatic heterocycles. The number of hydrogen-bond acceptors (Lipinski definition) is 4. The maximum absolute atomic E-state index is 10.6. The minimum absolute atomic E-state index is 0.713. The van der Waals surface area contributed by atoms with Crippen molar-refractivity contribution in [2.45, 2.75) is 6.18 Å². The highest BCUT2D eigenvalue weighted by molar-refractivity contribution is 5.73. The summed E-state index contributed by atoms with van der Waals surface area (Å²) in [6.45, 7) is 0. The minimum atomic E-state index is -5.08. The van der Waals surface area contributed by atoms with Crippen LogP contribution in [0.5, 0.6) is 0 Å². The maximum atomic E-state index is 10.6. The predicted octanol–water partition coefficient (Wildman–Crippen LogP) is 0.986. The molecule has 2 aromatic heterocycles. The molecule has 86 valence electrons. The number of H-pyrrole nitrogens is 1. The molecule has 2 N–H and O–H groups in total. The summed E-state index contributed by atoms with van der Waals surface area (Å²) in [4.78, 5) is 23.4. The smallest absolute Gasteiger partial charge is 0.475 e. The first kappa shape index (κ1) is 11.9. The second-order valence-corrected chi connectivity index (χ2v) is 2.47. The van der Waals surface area contributed by atoms with E-state index in [0.717, 1.165) is 5.52 Å². The fourth-order valence-electron chi connectivity index (χ4n) is 0.691. The Morgan fingerprint density at radius 1 is 1.38 bits per heavy atom. The Morgan fingerprint density at radius 2 is 2.00 bits per heavy atom. The lowest BCUT2D eigenvalue weighted by Gasteiger charge is -1.93. The van der Waals surface area contributed by atoms with Crippen LogP contribution in [0.4, 0.5) is 13.2 Å². The molecule has 2 aromatic rings. The van der Waals surface area contributed by atoms with Crippen molar-refractivity contribution >= 4 is 17.1 Å². The van der Waals surface area contributed by atoms with Gasteiger partial charge in [0.05, 0.1) is 12.5 Å². The standard InChI is InChI=1S/C5H4N4.C2HF3O2/c1-4-5(8-2-6-1)9-3-7-4;3-2(4,5)1(6)7/h1-3H,(H,6,7,8,9);(H,6,7). The molecule has 2 heterocycles. The molecule has 16 heavy (non-hydrogen) atoms. The lowest BCUT2D eigenvalue weighted by molar-refractivity contribution is -0.192. The van der Waals surface area contributed by atoms with Crippen LogP contribution in [0.1, 0.15) is 0 Å². The highest BCUT2D eigenvalue weighted by Crippen LogP contribution is 2.13. The topological polar surface area (TPSA) is 91.8 Å². The van der Waals surface area contributed by atoms with Gasteiger partial charge in [0.25, 0.3) is 0 Å². The molecule has 0 atom stereocenters. The van der Waals surface area contributed by atoms with Crippen molar-refractivity contribution in [3.05, 3.63) is 18.9 Å². The Kier molecular flexibility index (Phi) is 3.38. The van der Waals surface area contributed by atoms with Crippen molar-refractivity contribution in [3.63, 3.8) is 0 Å². The maximum Gasteiger partial charge on any atom is 0.490 e. The van der Waals surface area contributed by atoms with Crippen LogP contribution < -0.4 is 0 Å². The van der Waals surface area contributed by atoms with Gasteiger partial charge in [0.1, 0.15) is 11.8 Å². The van der Waals surface area contributed by atoms with E-state index in [0.29, 0.717) is 5.65 Å². The van der Waals surface area contributed by atoms with Gasteiger partial charge in [0.2, 0.25) is 0 Å². The zero-order valence-electron chi connectivity index (χ0n) is 7.56. The molecule has 0 aromatic carbocycles. The summed E-state index contributed by atoms with van der Waals surface area (Å²) in [5, 5.41) is 7.12. The first-order chi connectivity index (χ1) is 7.41. The van der Waals surface area contributed by atoms with Crippen LogP contribution in [0.25, 0.3) is 11.2 Å². The Bertz CT molecular complexity index is 451. The number of fused-ring (bicyclic) bond motifs is 1. The first-order valence-corrected chi connectivity index (χ1v) is 3.80. The van der Waals surface area contributed by atoms with Crippen LogP contribution in [0.15, 0.2) is 18.9 Å². The Labute approximate surface area is 86.2 Å². The zero-order valence-corrected chi connectivity index (χ0v) is 7.56. The molecule has 6 nitrogen and oxygen atoms in total. The van der Waals surface area contributed by atoms with Crippen molar-refractivity contribution in [1.29, 1.82) is 0 Å². The lowest BCUT2D eigenvalue weighted by Crippen LogP contribution is -2.21. The number of carboxylic acids is 1. The average Bonchev–Trinajstić information content (AvgIpc) is 2.64. The van der Waals surface area contributed by atoms with Crippen LogP contribution in [0.3, 0.4) is 0 Å². The molecule has 0 spiro atoms. The summed E-state index contributed by atoms with van der Waals surface area (Å²) in [5.41, 5.74) is 1.59. The number of aliphatic carboxylic acids is 1. The minimum Gasteiger partial charge on any atom is -0.475 e. The van der Waals surface area contributed by atoms with E-state index in [4.69, 9.17) is 9.90 Å². The Morgan fingerprint density at radius 3 is 2.50 bits per heavy atom. The third kappa shape index (κ3) is 3.19. The summed E-state index contributed by atoms with van der Waals surface area (Å²) < 4.78 is 31.7. The molecular formula is C7H5F3N4O2. The van der Waals surface area contributed by atoms with Crippen molar-refractivity contribution < 1.29 is 23.1 Å². The summed E-state index contributed by atoms with van der Waals surface area (Å²) in [6.07, 6.45) is -0.322. The normalized spacial score (nSPS) is 10.7. The van der Waals surface area contributed by atoms with E-state index in [1.807, 2.05) is 0 Å². The van der Waals surface area contributed by atoms with Crippen molar-refractivity contribution in [1.82, 2.24) is 19.9 Å². The van der Waals surface area contributed by atoms with Crippen LogP contribution in [0, 0.1) is 0 Å². The number of carboxylic acid groups (broad SMARTS) is 1. The fraction of sp³-hybridized carbons (Fsp3) is 0.143. The number of nitrogens with zero attached hydrogens (tertiary/aromatic N) is 3. The number of hydrogen-bond donors (Lipinski definition) is 2. The largest absolute Gasteiger partial charge is 0.490 e. The van der Waals surface area contributed by atoms with Crippen molar-refractivity contribution in [2.75, 3.05) is 0 Å². The molecule has 0 unspecified atom stereocenters. The average molecular weight is 234 g/mol. The molecule has 0 amide bonds. The third-order valence-corrected chi connectivity index (χ3v) is 1.34. The molecule has 0 bridgehead atoms. The summed E-state index contributed by atoms with van der Waals surface area (Å²) in [6, 6.07) is 0. The Balaban J connectivity index is 0.000000168. The number of alkyl halides is 3. The second-order valence-electron chi connectivity index (χ2n) is 2.47. The van der Waals surface area contributed by atoms with Gasteiger partial charge in [-0.3, -0.25) is 0 Å². The van der Waals surface area contributed by atoms with Gasteiger partial charge >= 0.3 is 12.1 Å². The van der Waals surface area contributed by atoms with Crippen LogP contribution in [-0.2, 0) is 4.79 Å². The molecule has 0 saturated heterocycles. The van der Waals surface area contributed by atoms with Gasteiger partial charge in [0.15, 0.2) is 5.65 Å². The van der Waals surface area contributed by atoms with E-state index in [9.17, 15) is 13.2 Å². The molecule has 0 aliphatic carbocycles. The highest BCUT2D eigenvalue weighted by atomic mass is 19.4. The number of carbonyl (C=O) groups is 1. The number of imidazole rings is 1. The van der Waals surface area contributed by atoms with Gasteiger partial charge in [-0.1, -0.05) is 0 Å². The molecule has 0 radical (unpaired) electrons. The summed E-state index contributed by atoms with van der Waals surface area (Å²) in [5.74, 6) is -2.76. The predicted molar refractivity (Wildman–Crippen MR) is 45.4 cm³/mol. The van der Waals surface area contributed by atoms with E-state index in [1.165, 1.54) is 6.33 Å². The number of aromatic nitrogens is 4. The van der Waals surface area contributed by atoms with E-state index >= 15 is 0 Å². The molecular weight excluding hydrogens is 229 g/mol. The summed E-state index contributed by atoms with van der Waals surface area (Å²) >= 11 is 0. The number of nitrogens with one attached hydrogen (secondary N) is 1. The van der Waals surface area contributed by atoms with Crippen LogP contribution in [-0.4, -0.2) is 37.2 Å². The SMILES string of the molecule is O=C(O)C(F)(F)F.c1ncc2[nH]cnc2n1. The van der Waals surface area contributed by atoms with Gasteiger partial charge in [-0.2, -0.15) is 13.2 Å². The highest BCUT2D eigenvalue weighted by Gasteiger charge is 2.38.